The summed E-state index contributed by atoms with van der Waals surface area (Å²) in [5, 5.41) is 3.37. The van der Waals surface area contributed by atoms with E-state index in [1.165, 1.54) is 28.5 Å². The highest BCUT2D eigenvalue weighted by atomic mass is 127. The molecule has 3 heterocycles. The van der Waals surface area contributed by atoms with Crippen molar-refractivity contribution in [2.24, 2.45) is 10.9 Å². The fraction of sp³-hybridized carbons (Fsp3) is 0.722. The predicted molar refractivity (Wildman–Crippen MR) is 124 cm³/mol. The quantitative estimate of drug-likeness (QED) is 0.352. The molecule has 1 unspecified atom stereocenters. The van der Waals surface area contributed by atoms with Crippen LogP contribution in [0.5, 0.6) is 0 Å². The maximum atomic E-state index is 12.7. The molecule has 7 nitrogen and oxygen atoms in total. The molecular formula is C18H31IN4O3S2. The highest BCUT2D eigenvalue weighted by Gasteiger charge is 2.27. The van der Waals surface area contributed by atoms with Crippen LogP contribution in [-0.4, -0.2) is 69.5 Å². The Morgan fingerprint density at radius 2 is 2.07 bits per heavy atom. The van der Waals surface area contributed by atoms with Crippen molar-refractivity contribution in [2.75, 3.05) is 45.9 Å². The number of aliphatic imine (C=N–C) groups is 1. The Hall–Kier alpha value is -0.430. The first kappa shape index (κ1) is 23.8. The van der Waals surface area contributed by atoms with Gasteiger partial charge in [-0.1, -0.05) is 6.92 Å². The van der Waals surface area contributed by atoms with E-state index in [-0.39, 0.29) is 24.0 Å². The number of halogens is 1. The summed E-state index contributed by atoms with van der Waals surface area (Å²) in [4.78, 5) is 8.04. The largest absolute Gasteiger partial charge is 0.379 e. The van der Waals surface area contributed by atoms with Gasteiger partial charge >= 0.3 is 0 Å². The number of sulfonamides is 1. The monoisotopic (exact) mass is 542 g/mol. The molecule has 0 radical (unpaired) electrons. The number of piperidine rings is 1. The number of rotatable bonds is 5. The summed E-state index contributed by atoms with van der Waals surface area (Å²) in [6.45, 7) is 9.48. The minimum atomic E-state index is -3.42. The Bertz CT molecular complexity index is 748. The summed E-state index contributed by atoms with van der Waals surface area (Å²) in [5.41, 5.74) is 0. The molecule has 0 saturated carbocycles. The minimum Gasteiger partial charge on any atom is -0.379 e. The van der Waals surface area contributed by atoms with Crippen LogP contribution >= 0.6 is 35.3 Å². The van der Waals surface area contributed by atoms with Gasteiger partial charge in [0.05, 0.1) is 19.8 Å². The van der Waals surface area contributed by atoms with Crippen molar-refractivity contribution in [3.63, 3.8) is 0 Å². The molecule has 10 heteroatoms. The summed E-state index contributed by atoms with van der Waals surface area (Å²) >= 11 is 1.32. The van der Waals surface area contributed by atoms with Gasteiger partial charge in [-0.05, 0) is 37.8 Å². The Morgan fingerprint density at radius 1 is 1.32 bits per heavy atom. The molecule has 0 spiro atoms. The van der Waals surface area contributed by atoms with Gasteiger partial charge in [0.25, 0.3) is 10.0 Å². The van der Waals surface area contributed by atoms with Crippen LogP contribution in [0.15, 0.2) is 21.3 Å². The number of hydrogen-bond acceptors (Lipinski definition) is 5. The molecule has 1 aromatic rings. The van der Waals surface area contributed by atoms with Crippen molar-refractivity contribution >= 4 is 51.3 Å². The highest BCUT2D eigenvalue weighted by molar-refractivity contribution is 14.0. The molecule has 1 N–H and O–H groups in total. The molecule has 0 aromatic carbocycles. The SMILES string of the molecule is CCNC(=NCc1ccc(S(=O)(=O)N2CCOCC2)s1)N1CCCC(C)C1.I. The van der Waals surface area contributed by atoms with Gasteiger partial charge in [0, 0.05) is 37.6 Å². The van der Waals surface area contributed by atoms with Gasteiger partial charge in [-0.3, -0.25) is 0 Å². The lowest BCUT2D eigenvalue weighted by Crippen LogP contribution is -2.46. The second-order valence-corrected chi connectivity index (χ2v) is 10.4. The number of hydrogen-bond donors (Lipinski definition) is 1. The number of nitrogens with zero attached hydrogens (tertiary/aromatic N) is 3. The summed E-state index contributed by atoms with van der Waals surface area (Å²) in [7, 11) is -3.42. The van der Waals surface area contributed by atoms with Crippen molar-refractivity contribution in [2.45, 2.75) is 37.4 Å². The summed E-state index contributed by atoms with van der Waals surface area (Å²) in [6.07, 6.45) is 2.45. The fourth-order valence-corrected chi connectivity index (χ4v) is 6.30. The zero-order valence-corrected chi connectivity index (χ0v) is 20.6. The molecule has 2 fully saturated rings. The Kier molecular flexibility index (Phi) is 9.45. The van der Waals surface area contributed by atoms with Gasteiger partial charge in [-0.15, -0.1) is 35.3 Å². The lowest BCUT2D eigenvalue weighted by Gasteiger charge is -2.33. The smallest absolute Gasteiger partial charge is 0.252 e. The normalized spacial score (nSPS) is 22.0. The number of thiophene rings is 1. The van der Waals surface area contributed by atoms with E-state index in [0.29, 0.717) is 43.0 Å². The van der Waals surface area contributed by atoms with Crippen molar-refractivity contribution in [1.29, 1.82) is 0 Å². The minimum absolute atomic E-state index is 0. The van der Waals surface area contributed by atoms with Gasteiger partial charge in [-0.25, -0.2) is 13.4 Å². The molecular weight excluding hydrogens is 511 g/mol. The third-order valence-electron chi connectivity index (χ3n) is 4.88. The van der Waals surface area contributed by atoms with Gasteiger partial charge in [0.1, 0.15) is 4.21 Å². The molecule has 2 aliphatic rings. The van der Waals surface area contributed by atoms with Crippen LogP contribution in [0, 0.1) is 5.92 Å². The molecule has 2 aliphatic heterocycles. The van der Waals surface area contributed by atoms with Crippen molar-refractivity contribution in [3.8, 4) is 0 Å². The van der Waals surface area contributed by atoms with E-state index in [1.807, 2.05) is 6.07 Å². The topological polar surface area (TPSA) is 74.2 Å². The summed E-state index contributed by atoms with van der Waals surface area (Å²) in [6, 6.07) is 3.58. The molecule has 28 heavy (non-hydrogen) atoms. The molecule has 3 rings (SSSR count). The maximum absolute atomic E-state index is 12.7. The van der Waals surface area contributed by atoms with E-state index < -0.39 is 10.0 Å². The van der Waals surface area contributed by atoms with E-state index in [2.05, 4.69) is 24.1 Å². The first-order chi connectivity index (χ1) is 13.0. The third kappa shape index (κ3) is 6.04. The first-order valence-corrected chi connectivity index (χ1v) is 12.0. The fourth-order valence-electron chi connectivity index (χ4n) is 3.46. The first-order valence-electron chi connectivity index (χ1n) is 9.70. The molecule has 2 saturated heterocycles. The van der Waals surface area contributed by atoms with Gasteiger partial charge < -0.3 is 15.0 Å². The van der Waals surface area contributed by atoms with Gasteiger partial charge in [0.2, 0.25) is 0 Å². The van der Waals surface area contributed by atoms with Crippen molar-refractivity contribution < 1.29 is 13.2 Å². The zero-order valence-electron chi connectivity index (χ0n) is 16.6. The highest BCUT2D eigenvalue weighted by Crippen LogP contribution is 2.26. The van der Waals surface area contributed by atoms with Crippen LogP contribution in [0.2, 0.25) is 0 Å². The number of likely N-dealkylation sites (tertiary alicyclic amines) is 1. The number of ether oxygens (including phenoxy) is 1. The Morgan fingerprint density at radius 3 is 2.75 bits per heavy atom. The molecule has 0 bridgehead atoms. The van der Waals surface area contributed by atoms with Crippen molar-refractivity contribution in [3.05, 3.63) is 17.0 Å². The molecule has 1 aromatic heterocycles. The molecule has 0 aliphatic carbocycles. The van der Waals surface area contributed by atoms with E-state index in [9.17, 15) is 8.42 Å². The predicted octanol–water partition coefficient (Wildman–Crippen LogP) is 2.58. The molecule has 1 atom stereocenters. The van der Waals surface area contributed by atoms with Crippen LogP contribution in [0.3, 0.4) is 0 Å². The van der Waals surface area contributed by atoms with E-state index >= 15 is 0 Å². The molecule has 0 amide bonds. The van der Waals surface area contributed by atoms with Gasteiger partial charge in [-0.2, -0.15) is 4.31 Å². The average molecular weight is 543 g/mol. The summed E-state index contributed by atoms with van der Waals surface area (Å²) < 4.78 is 32.7. The standard InChI is InChI=1S/C18H30N4O3S2.HI/c1-3-19-18(21-8-4-5-15(2)14-21)20-13-16-6-7-17(26-16)27(23,24)22-9-11-25-12-10-22;/h6-7,15H,3-5,8-14H2,1-2H3,(H,19,20);1H. The lowest BCUT2D eigenvalue weighted by molar-refractivity contribution is 0.0731. The van der Waals surface area contributed by atoms with Gasteiger partial charge in [0.15, 0.2) is 5.96 Å². The van der Waals surface area contributed by atoms with Crippen LogP contribution < -0.4 is 5.32 Å². The third-order valence-corrected chi connectivity index (χ3v) is 8.31. The Balaban J connectivity index is 0.00000280. The van der Waals surface area contributed by atoms with Crippen molar-refractivity contribution in [1.82, 2.24) is 14.5 Å². The van der Waals surface area contributed by atoms with E-state index in [0.717, 1.165) is 30.5 Å². The van der Waals surface area contributed by atoms with Crippen LogP contribution in [-0.2, 0) is 21.3 Å². The second kappa shape index (κ2) is 11.1. The van der Waals surface area contributed by atoms with Crippen LogP contribution in [0.4, 0.5) is 0 Å². The summed E-state index contributed by atoms with van der Waals surface area (Å²) in [5.74, 6) is 1.60. The Labute approximate surface area is 189 Å². The number of nitrogens with one attached hydrogen (secondary N) is 1. The zero-order chi connectivity index (χ0) is 19.3. The second-order valence-electron chi connectivity index (χ2n) is 7.10. The number of guanidine groups is 1. The van der Waals surface area contributed by atoms with E-state index in [1.54, 1.807) is 6.07 Å². The average Bonchev–Trinajstić information content (AvgIpc) is 3.16. The lowest BCUT2D eigenvalue weighted by atomic mass is 10.0. The number of morpholine rings is 1. The maximum Gasteiger partial charge on any atom is 0.252 e. The molecule has 160 valence electrons. The van der Waals surface area contributed by atoms with E-state index in [4.69, 9.17) is 9.73 Å². The van der Waals surface area contributed by atoms with Crippen LogP contribution in [0.25, 0.3) is 0 Å². The van der Waals surface area contributed by atoms with Crippen LogP contribution in [0.1, 0.15) is 31.6 Å².